The van der Waals surface area contributed by atoms with Gasteiger partial charge in [-0.2, -0.15) is 0 Å². The van der Waals surface area contributed by atoms with E-state index < -0.39 is 0 Å². The average Bonchev–Trinajstić information content (AvgIpc) is 3.19. The fourth-order valence-electron chi connectivity index (χ4n) is 3.34. The minimum Gasteiger partial charge on any atom is -0.494 e. The van der Waals surface area contributed by atoms with Crippen molar-refractivity contribution in [1.29, 1.82) is 0 Å². The molecule has 10 heteroatoms. The number of para-hydroxylation sites is 2. The molecule has 0 saturated carbocycles. The van der Waals surface area contributed by atoms with Gasteiger partial charge in [0.2, 0.25) is 5.91 Å². The summed E-state index contributed by atoms with van der Waals surface area (Å²) in [5.74, 6) is 3.24. The van der Waals surface area contributed by atoms with Crippen LogP contribution in [0.3, 0.4) is 0 Å². The van der Waals surface area contributed by atoms with Gasteiger partial charge >= 0.3 is 0 Å². The molecule has 0 radical (unpaired) electrons. The zero-order valence-corrected chi connectivity index (χ0v) is 19.6. The van der Waals surface area contributed by atoms with Gasteiger partial charge in [-0.25, -0.2) is 0 Å². The number of nitrogens with one attached hydrogen (secondary N) is 1. The van der Waals surface area contributed by atoms with E-state index in [-0.39, 0.29) is 17.8 Å². The first-order valence-electron chi connectivity index (χ1n) is 10.7. The lowest BCUT2D eigenvalue weighted by Gasteiger charge is -2.25. The van der Waals surface area contributed by atoms with Gasteiger partial charge in [0.05, 0.1) is 24.7 Å². The summed E-state index contributed by atoms with van der Waals surface area (Å²) in [6.45, 7) is 5.16. The number of hydrogen-bond donors (Lipinski definition) is 1. The summed E-state index contributed by atoms with van der Waals surface area (Å²) in [6, 6.07) is 12.9. The molecule has 0 fully saturated rings. The highest BCUT2D eigenvalue weighted by molar-refractivity contribution is 7.99. The van der Waals surface area contributed by atoms with Crippen LogP contribution in [-0.2, 0) is 11.8 Å². The van der Waals surface area contributed by atoms with Crippen molar-refractivity contribution in [1.82, 2.24) is 14.8 Å². The normalized spacial score (nSPS) is 14.6. The van der Waals surface area contributed by atoms with Gasteiger partial charge in [0.25, 0.3) is 0 Å². The second-order valence-electron chi connectivity index (χ2n) is 7.12. The summed E-state index contributed by atoms with van der Waals surface area (Å²) in [5, 5.41) is 12.0. The monoisotopic (exact) mass is 470 g/mol. The standard InChI is InChI=1S/C23H26N4O5S/c1-4-29-15-10-11-17(30-5-2)16(12-15)24-21(28)14-33-23-26-25-22(27(23)3)20-13-31-18-8-6-7-9-19(18)32-20/h6-12,20H,4-5,13-14H2,1-3H3,(H,24,28). The van der Waals surface area contributed by atoms with Gasteiger partial charge in [-0.1, -0.05) is 23.9 Å². The van der Waals surface area contributed by atoms with Gasteiger partial charge in [0, 0.05) is 13.1 Å². The highest BCUT2D eigenvalue weighted by Crippen LogP contribution is 2.36. The van der Waals surface area contributed by atoms with Gasteiger partial charge in [-0.15, -0.1) is 10.2 Å². The number of carbonyl (C=O) groups excluding carboxylic acids is 1. The van der Waals surface area contributed by atoms with Crippen molar-refractivity contribution >= 4 is 23.4 Å². The van der Waals surface area contributed by atoms with Crippen LogP contribution in [0.5, 0.6) is 23.0 Å². The molecule has 0 aliphatic carbocycles. The third-order valence-electron chi connectivity index (χ3n) is 4.83. The molecule has 2 heterocycles. The number of thioether (sulfide) groups is 1. The molecular formula is C23H26N4O5S. The van der Waals surface area contributed by atoms with Gasteiger partial charge in [-0.05, 0) is 38.1 Å². The van der Waals surface area contributed by atoms with Crippen LogP contribution in [0.1, 0.15) is 25.8 Å². The Balaban J connectivity index is 1.39. The minimum absolute atomic E-state index is 0.154. The first-order valence-corrected chi connectivity index (χ1v) is 11.7. The molecule has 4 rings (SSSR count). The van der Waals surface area contributed by atoms with Crippen LogP contribution in [-0.4, -0.2) is 46.2 Å². The Labute approximate surface area is 196 Å². The minimum atomic E-state index is -0.379. The third-order valence-corrected chi connectivity index (χ3v) is 5.85. The average molecular weight is 471 g/mol. The van der Waals surface area contributed by atoms with E-state index in [1.165, 1.54) is 11.8 Å². The largest absolute Gasteiger partial charge is 0.494 e. The summed E-state index contributed by atoms with van der Waals surface area (Å²) < 4.78 is 24.8. The lowest BCUT2D eigenvalue weighted by molar-refractivity contribution is -0.113. The molecule has 0 spiro atoms. The van der Waals surface area contributed by atoms with Crippen LogP contribution >= 0.6 is 11.8 Å². The van der Waals surface area contributed by atoms with Crippen molar-refractivity contribution < 1.29 is 23.7 Å². The summed E-state index contributed by atoms with van der Waals surface area (Å²) in [7, 11) is 1.85. The molecule has 3 aromatic rings. The summed E-state index contributed by atoms with van der Waals surface area (Å²) in [6.07, 6.45) is -0.379. The molecule has 174 valence electrons. The topological polar surface area (TPSA) is 96.7 Å². The quantitative estimate of drug-likeness (QED) is 0.471. The number of hydrogen-bond acceptors (Lipinski definition) is 8. The zero-order valence-electron chi connectivity index (χ0n) is 18.7. The Kier molecular flexibility index (Phi) is 7.23. The second-order valence-corrected chi connectivity index (χ2v) is 8.07. The SMILES string of the molecule is CCOc1ccc(OCC)c(NC(=O)CSc2nnc(C3COc4ccccc4O3)n2C)c1. The van der Waals surface area contributed by atoms with E-state index in [1.54, 1.807) is 12.1 Å². The van der Waals surface area contributed by atoms with Gasteiger partial charge in [-0.3, -0.25) is 4.79 Å². The molecule has 33 heavy (non-hydrogen) atoms. The fourth-order valence-corrected chi connectivity index (χ4v) is 4.06. The lowest BCUT2D eigenvalue weighted by Crippen LogP contribution is -2.24. The molecule has 1 aliphatic rings. The maximum absolute atomic E-state index is 12.6. The Bertz CT molecular complexity index is 1120. The maximum atomic E-state index is 12.6. The van der Waals surface area contributed by atoms with Crippen molar-refractivity contribution in [2.24, 2.45) is 7.05 Å². The number of nitrogens with zero attached hydrogens (tertiary/aromatic N) is 3. The fraction of sp³-hybridized carbons (Fsp3) is 0.348. The van der Waals surface area contributed by atoms with Crippen LogP contribution in [0.15, 0.2) is 47.6 Å². The van der Waals surface area contributed by atoms with E-state index in [0.29, 0.717) is 59.5 Å². The molecule has 2 aromatic carbocycles. The molecule has 1 unspecified atom stereocenters. The summed E-state index contributed by atoms with van der Waals surface area (Å²) in [4.78, 5) is 12.6. The molecule has 0 saturated heterocycles. The Morgan fingerprint density at radius 2 is 1.94 bits per heavy atom. The van der Waals surface area contributed by atoms with Crippen molar-refractivity contribution in [2.75, 3.05) is 30.9 Å². The molecule has 1 aromatic heterocycles. The van der Waals surface area contributed by atoms with Crippen LogP contribution in [0.4, 0.5) is 5.69 Å². The van der Waals surface area contributed by atoms with Gasteiger partial charge in [0.1, 0.15) is 18.1 Å². The van der Waals surface area contributed by atoms with E-state index in [4.69, 9.17) is 18.9 Å². The van der Waals surface area contributed by atoms with Crippen LogP contribution < -0.4 is 24.3 Å². The number of rotatable bonds is 9. The van der Waals surface area contributed by atoms with Crippen LogP contribution in [0.2, 0.25) is 0 Å². The molecule has 1 atom stereocenters. The lowest BCUT2D eigenvalue weighted by atomic mass is 10.2. The van der Waals surface area contributed by atoms with E-state index in [2.05, 4.69) is 15.5 Å². The van der Waals surface area contributed by atoms with E-state index in [9.17, 15) is 4.79 Å². The number of fused-ring (bicyclic) bond motifs is 1. The van der Waals surface area contributed by atoms with Crippen molar-refractivity contribution in [3.63, 3.8) is 0 Å². The zero-order chi connectivity index (χ0) is 23.2. The summed E-state index contributed by atoms with van der Waals surface area (Å²) in [5.41, 5.74) is 0.568. The predicted octanol–water partition coefficient (Wildman–Crippen LogP) is 3.86. The molecule has 0 bridgehead atoms. The number of anilines is 1. The highest BCUT2D eigenvalue weighted by atomic mass is 32.2. The molecular weight excluding hydrogens is 444 g/mol. The third kappa shape index (κ3) is 5.33. The van der Waals surface area contributed by atoms with Crippen molar-refractivity contribution in [2.45, 2.75) is 25.1 Å². The van der Waals surface area contributed by atoms with E-state index in [0.717, 1.165) is 0 Å². The molecule has 1 N–H and O–H groups in total. The predicted molar refractivity (Wildman–Crippen MR) is 124 cm³/mol. The maximum Gasteiger partial charge on any atom is 0.234 e. The van der Waals surface area contributed by atoms with Crippen LogP contribution in [0, 0.1) is 0 Å². The number of ether oxygens (including phenoxy) is 4. The Hall–Kier alpha value is -3.40. The number of benzene rings is 2. The Morgan fingerprint density at radius 3 is 2.73 bits per heavy atom. The Morgan fingerprint density at radius 1 is 1.15 bits per heavy atom. The van der Waals surface area contributed by atoms with E-state index >= 15 is 0 Å². The van der Waals surface area contributed by atoms with Gasteiger partial charge < -0.3 is 28.8 Å². The van der Waals surface area contributed by atoms with Crippen molar-refractivity contribution in [3.8, 4) is 23.0 Å². The number of carbonyl (C=O) groups is 1. The van der Waals surface area contributed by atoms with Crippen LogP contribution in [0.25, 0.3) is 0 Å². The second kappa shape index (κ2) is 10.5. The smallest absolute Gasteiger partial charge is 0.234 e. The molecule has 1 aliphatic heterocycles. The first kappa shape index (κ1) is 22.8. The highest BCUT2D eigenvalue weighted by Gasteiger charge is 2.27. The van der Waals surface area contributed by atoms with Gasteiger partial charge in [0.15, 0.2) is 28.6 Å². The number of aromatic nitrogens is 3. The molecule has 1 amide bonds. The van der Waals surface area contributed by atoms with E-state index in [1.807, 2.05) is 55.8 Å². The summed E-state index contributed by atoms with van der Waals surface area (Å²) >= 11 is 1.29. The number of amides is 1. The van der Waals surface area contributed by atoms with Crippen molar-refractivity contribution in [3.05, 3.63) is 48.3 Å². The molecule has 9 nitrogen and oxygen atoms in total. The first-order chi connectivity index (χ1) is 16.1.